The number of anilines is 1. The van der Waals surface area contributed by atoms with Gasteiger partial charge in [-0.25, -0.2) is 0 Å². The van der Waals surface area contributed by atoms with E-state index in [1.165, 1.54) is 0 Å². The third-order valence-electron chi connectivity index (χ3n) is 2.79. The summed E-state index contributed by atoms with van der Waals surface area (Å²) in [5.74, 6) is -0.249. The van der Waals surface area contributed by atoms with Gasteiger partial charge in [-0.2, -0.15) is 5.10 Å². The van der Waals surface area contributed by atoms with Crippen LogP contribution in [0.3, 0.4) is 0 Å². The fraction of sp³-hybridized carbons (Fsp3) is 0.0714. The van der Waals surface area contributed by atoms with E-state index in [1.807, 2.05) is 37.3 Å². The number of carbonyl (C=O) groups is 1. The number of aromatic amines is 1. The van der Waals surface area contributed by atoms with Crippen molar-refractivity contribution < 1.29 is 4.79 Å². The standard InChI is InChI=1S/C14H12N4O/c1-9-6-13(18-17-9)14(19)16-11-7-10-4-2-3-5-12(10)15-8-11/h2-8H,1H3,(H,16,19)(H,17,18). The highest BCUT2D eigenvalue weighted by molar-refractivity contribution is 6.03. The van der Waals surface area contributed by atoms with Gasteiger partial charge in [0.15, 0.2) is 5.69 Å². The predicted molar refractivity (Wildman–Crippen MR) is 73.0 cm³/mol. The number of pyridine rings is 1. The van der Waals surface area contributed by atoms with Crippen molar-refractivity contribution in [3.05, 3.63) is 54.0 Å². The summed E-state index contributed by atoms with van der Waals surface area (Å²) >= 11 is 0. The molecule has 0 atom stereocenters. The van der Waals surface area contributed by atoms with Crippen molar-refractivity contribution in [2.24, 2.45) is 0 Å². The van der Waals surface area contributed by atoms with Crippen LogP contribution in [-0.2, 0) is 0 Å². The van der Waals surface area contributed by atoms with Crippen LogP contribution in [-0.4, -0.2) is 21.1 Å². The molecule has 0 unspecified atom stereocenters. The molecule has 2 aromatic heterocycles. The molecule has 5 nitrogen and oxygen atoms in total. The maximum atomic E-state index is 11.9. The smallest absolute Gasteiger partial charge is 0.276 e. The SMILES string of the molecule is Cc1cc(C(=O)Nc2cnc3ccccc3c2)n[nH]1. The van der Waals surface area contributed by atoms with Crippen LogP contribution < -0.4 is 5.32 Å². The number of fused-ring (bicyclic) bond motifs is 1. The number of hydrogen-bond acceptors (Lipinski definition) is 3. The Bertz CT molecular complexity index is 748. The summed E-state index contributed by atoms with van der Waals surface area (Å²) < 4.78 is 0. The molecular weight excluding hydrogens is 240 g/mol. The van der Waals surface area contributed by atoms with Crippen LogP contribution in [0, 0.1) is 6.92 Å². The minimum atomic E-state index is -0.249. The Balaban J connectivity index is 1.87. The van der Waals surface area contributed by atoms with Crippen molar-refractivity contribution in [2.45, 2.75) is 6.92 Å². The first-order chi connectivity index (χ1) is 9.22. The number of hydrogen-bond donors (Lipinski definition) is 2. The quantitative estimate of drug-likeness (QED) is 0.736. The normalized spacial score (nSPS) is 10.6. The molecule has 0 aliphatic heterocycles. The second-order valence-corrected chi connectivity index (χ2v) is 4.31. The number of nitrogens with one attached hydrogen (secondary N) is 2. The molecule has 19 heavy (non-hydrogen) atoms. The largest absolute Gasteiger partial charge is 0.319 e. The summed E-state index contributed by atoms with van der Waals surface area (Å²) in [6.45, 7) is 1.85. The highest BCUT2D eigenvalue weighted by Gasteiger charge is 2.09. The number of rotatable bonds is 2. The van der Waals surface area contributed by atoms with Gasteiger partial charge in [-0.15, -0.1) is 0 Å². The molecular formula is C14H12N4O. The third-order valence-corrected chi connectivity index (χ3v) is 2.79. The van der Waals surface area contributed by atoms with Gasteiger partial charge < -0.3 is 5.32 Å². The molecule has 0 bridgehead atoms. The van der Waals surface area contributed by atoms with E-state index in [0.717, 1.165) is 16.6 Å². The first-order valence-electron chi connectivity index (χ1n) is 5.90. The molecule has 1 aromatic carbocycles. The molecule has 0 spiro atoms. The van der Waals surface area contributed by atoms with Crippen molar-refractivity contribution in [3.63, 3.8) is 0 Å². The fourth-order valence-electron chi connectivity index (χ4n) is 1.87. The maximum Gasteiger partial charge on any atom is 0.276 e. The number of aryl methyl sites for hydroxylation is 1. The second kappa shape index (κ2) is 4.53. The molecule has 94 valence electrons. The lowest BCUT2D eigenvalue weighted by Crippen LogP contribution is -2.12. The van der Waals surface area contributed by atoms with Crippen LogP contribution in [0.25, 0.3) is 10.9 Å². The van der Waals surface area contributed by atoms with Crippen LogP contribution in [0.1, 0.15) is 16.2 Å². The Morgan fingerprint density at radius 3 is 2.89 bits per heavy atom. The molecule has 2 heterocycles. The minimum Gasteiger partial charge on any atom is -0.319 e. The third kappa shape index (κ3) is 2.30. The van der Waals surface area contributed by atoms with Gasteiger partial charge in [-0.05, 0) is 25.1 Å². The van der Waals surface area contributed by atoms with E-state index < -0.39 is 0 Å². The molecule has 0 radical (unpaired) electrons. The van der Waals surface area contributed by atoms with Crippen LogP contribution in [0.2, 0.25) is 0 Å². The Hall–Kier alpha value is -2.69. The lowest BCUT2D eigenvalue weighted by molar-refractivity contribution is 0.102. The summed E-state index contributed by atoms with van der Waals surface area (Å²) in [4.78, 5) is 16.2. The zero-order chi connectivity index (χ0) is 13.2. The van der Waals surface area contributed by atoms with Crippen molar-refractivity contribution in [2.75, 3.05) is 5.32 Å². The first-order valence-corrected chi connectivity index (χ1v) is 5.90. The van der Waals surface area contributed by atoms with Gasteiger partial charge >= 0.3 is 0 Å². The van der Waals surface area contributed by atoms with Gasteiger partial charge in [0, 0.05) is 11.1 Å². The first kappa shape index (κ1) is 11.4. The van der Waals surface area contributed by atoms with E-state index in [-0.39, 0.29) is 5.91 Å². The molecule has 5 heteroatoms. The summed E-state index contributed by atoms with van der Waals surface area (Å²) in [7, 11) is 0. The molecule has 1 amide bonds. The van der Waals surface area contributed by atoms with Gasteiger partial charge in [0.25, 0.3) is 5.91 Å². The number of aromatic nitrogens is 3. The summed E-state index contributed by atoms with van der Waals surface area (Å²) in [6.07, 6.45) is 1.64. The molecule has 0 saturated carbocycles. The van der Waals surface area contributed by atoms with Crippen LogP contribution in [0.5, 0.6) is 0 Å². The van der Waals surface area contributed by atoms with E-state index in [2.05, 4.69) is 20.5 Å². The average molecular weight is 252 g/mol. The molecule has 3 rings (SSSR count). The van der Waals surface area contributed by atoms with Crippen molar-refractivity contribution in [3.8, 4) is 0 Å². The highest BCUT2D eigenvalue weighted by atomic mass is 16.1. The van der Waals surface area contributed by atoms with Crippen LogP contribution in [0.15, 0.2) is 42.6 Å². The number of nitrogens with zero attached hydrogens (tertiary/aromatic N) is 2. The minimum absolute atomic E-state index is 0.249. The lowest BCUT2D eigenvalue weighted by atomic mass is 10.2. The van der Waals surface area contributed by atoms with Crippen LogP contribution >= 0.6 is 0 Å². The zero-order valence-electron chi connectivity index (χ0n) is 10.3. The molecule has 0 aliphatic carbocycles. The molecule has 0 fully saturated rings. The number of benzene rings is 1. The number of para-hydroxylation sites is 1. The predicted octanol–water partition coefficient (Wildman–Crippen LogP) is 2.52. The summed E-state index contributed by atoms with van der Waals surface area (Å²) in [5.41, 5.74) is 2.77. The number of H-pyrrole nitrogens is 1. The van der Waals surface area contributed by atoms with Gasteiger partial charge in [0.1, 0.15) is 0 Å². The van der Waals surface area contributed by atoms with E-state index >= 15 is 0 Å². The lowest BCUT2D eigenvalue weighted by Gasteiger charge is -2.04. The van der Waals surface area contributed by atoms with E-state index in [4.69, 9.17) is 0 Å². The molecule has 3 aromatic rings. The van der Waals surface area contributed by atoms with Crippen molar-refractivity contribution in [1.82, 2.24) is 15.2 Å². The average Bonchev–Trinajstić information content (AvgIpc) is 2.85. The highest BCUT2D eigenvalue weighted by Crippen LogP contribution is 2.16. The summed E-state index contributed by atoms with van der Waals surface area (Å²) in [5, 5.41) is 10.4. The van der Waals surface area contributed by atoms with Gasteiger partial charge in [0.2, 0.25) is 0 Å². The van der Waals surface area contributed by atoms with Gasteiger partial charge in [0.05, 0.1) is 17.4 Å². The maximum absolute atomic E-state index is 11.9. The molecule has 0 saturated heterocycles. The Kier molecular flexibility index (Phi) is 2.72. The van der Waals surface area contributed by atoms with E-state index in [1.54, 1.807) is 12.3 Å². The molecule has 2 N–H and O–H groups in total. The van der Waals surface area contributed by atoms with Crippen LogP contribution in [0.4, 0.5) is 5.69 Å². The zero-order valence-corrected chi connectivity index (χ0v) is 10.3. The van der Waals surface area contributed by atoms with Gasteiger partial charge in [-0.3, -0.25) is 14.9 Å². The Morgan fingerprint density at radius 2 is 2.11 bits per heavy atom. The van der Waals surface area contributed by atoms with Crippen molar-refractivity contribution >= 4 is 22.5 Å². The van der Waals surface area contributed by atoms with Crippen molar-refractivity contribution in [1.29, 1.82) is 0 Å². The second-order valence-electron chi connectivity index (χ2n) is 4.31. The summed E-state index contributed by atoms with van der Waals surface area (Å²) in [6, 6.07) is 11.3. The number of amides is 1. The topological polar surface area (TPSA) is 70.7 Å². The number of carbonyl (C=O) groups excluding carboxylic acids is 1. The van der Waals surface area contributed by atoms with E-state index in [9.17, 15) is 4.79 Å². The fourth-order valence-corrected chi connectivity index (χ4v) is 1.87. The monoisotopic (exact) mass is 252 g/mol. The Morgan fingerprint density at radius 1 is 1.26 bits per heavy atom. The van der Waals surface area contributed by atoms with E-state index in [0.29, 0.717) is 11.4 Å². The Labute approximate surface area is 109 Å². The molecule has 0 aliphatic rings. The van der Waals surface area contributed by atoms with Gasteiger partial charge in [-0.1, -0.05) is 18.2 Å².